The van der Waals surface area contributed by atoms with E-state index in [1.165, 1.54) is 14.2 Å². The Morgan fingerprint density at radius 2 is 2.13 bits per heavy atom. The maximum absolute atomic E-state index is 11.5. The minimum absolute atomic E-state index is 0.342. The Balaban J connectivity index is 2.65. The highest BCUT2D eigenvalue weighted by atomic mass is 16.7. The highest BCUT2D eigenvalue weighted by Gasteiger charge is 2.16. The van der Waals surface area contributed by atoms with Crippen LogP contribution in [0.15, 0.2) is 18.3 Å². The molecule has 1 aromatic rings. The van der Waals surface area contributed by atoms with E-state index in [2.05, 4.69) is 10.3 Å². The maximum Gasteiger partial charge on any atom is 0.281 e. The molecule has 0 spiro atoms. The van der Waals surface area contributed by atoms with Crippen molar-refractivity contribution >= 4 is 11.6 Å². The predicted octanol–water partition coefficient (Wildman–Crippen LogP) is 0.947. The van der Waals surface area contributed by atoms with Gasteiger partial charge in [0.05, 0.1) is 0 Å². The number of hydrogen-bond acceptors (Lipinski definition) is 4. The molecular formula is C10H14N2O3. The molecule has 0 unspecified atom stereocenters. The third-order valence-electron chi connectivity index (χ3n) is 1.81. The van der Waals surface area contributed by atoms with Gasteiger partial charge in [0.2, 0.25) is 6.29 Å². The first-order valence-corrected chi connectivity index (χ1v) is 4.46. The van der Waals surface area contributed by atoms with Crippen molar-refractivity contribution in [2.24, 2.45) is 0 Å². The van der Waals surface area contributed by atoms with Crippen LogP contribution in [0.1, 0.15) is 5.69 Å². The molecule has 82 valence electrons. The Labute approximate surface area is 88.4 Å². The lowest BCUT2D eigenvalue weighted by Gasteiger charge is -2.13. The van der Waals surface area contributed by atoms with Crippen LogP contribution < -0.4 is 5.32 Å². The van der Waals surface area contributed by atoms with Crippen LogP contribution in [0.5, 0.6) is 0 Å². The quantitative estimate of drug-likeness (QED) is 0.751. The van der Waals surface area contributed by atoms with Gasteiger partial charge in [-0.05, 0) is 19.1 Å². The molecule has 5 heteroatoms. The van der Waals surface area contributed by atoms with Crippen molar-refractivity contribution in [1.82, 2.24) is 4.98 Å². The first-order valence-electron chi connectivity index (χ1n) is 4.46. The Morgan fingerprint density at radius 1 is 1.47 bits per heavy atom. The van der Waals surface area contributed by atoms with Crippen molar-refractivity contribution in [2.45, 2.75) is 13.2 Å². The monoisotopic (exact) mass is 210 g/mol. The van der Waals surface area contributed by atoms with Crippen molar-refractivity contribution in [2.75, 3.05) is 19.5 Å². The molecule has 0 aromatic carbocycles. The van der Waals surface area contributed by atoms with Crippen molar-refractivity contribution in [3.8, 4) is 0 Å². The molecule has 1 aromatic heterocycles. The van der Waals surface area contributed by atoms with Gasteiger partial charge in [-0.1, -0.05) is 0 Å². The van der Waals surface area contributed by atoms with Crippen molar-refractivity contribution in [3.63, 3.8) is 0 Å². The molecule has 0 fully saturated rings. The summed E-state index contributed by atoms with van der Waals surface area (Å²) in [6.07, 6.45) is 0.734. The average molecular weight is 210 g/mol. The fourth-order valence-corrected chi connectivity index (χ4v) is 1.13. The van der Waals surface area contributed by atoms with Gasteiger partial charge >= 0.3 is 0 Å². The van der Waals surface area contributed by atoms with Gasteiger partial charge in [0.25, 0.3) is 5.91 Å². The van der Waals surface area contributed by atoms with E-state index in [1.807, 2.05) is 6.92 Å². The number of aryl methyl sites for hydroxylation is 1. The fraction of sp³-hybridized carbons (Fsp3) is 0.400. The maximum atomic E-state index is 11.5. The van der Waals surface area contributed by atoms with Crippen LogP contribution in [0.2, 0.25) is 0 Å². The van der Waals surface area contributed by atoms with E-state index in [4.69, 9.17) is 9.47 Å². The Kier molecular flexibility index (Phi) is 4.20. The molecule has 15 heavy (non-hydrogen) atoms. The van der Waals surface area contributed by atoms with E-state index in [0.29, 0.717) is 5.69 Å². The topological polar surface area (TPSA) is 60.5 Å². The predicted molar refractivity (Wildman–Crippen MR) is 55.4 cm³/mol. The molecule has 0 atom stereocenters. The van der Waals surface area contributed by atoms with Gasteiger partial charge < -0.3 is 14.8 Å². The minimum atomic E-state index is -0.890. The summed E-state index contributed by atoms with van der Waals surface area (Å²) in [6.45, 7) is 1.85. The molecule has 0 bridgehead atoms. The molecule has 5 nitrogen and oxygen atoms in total. The van der Waals surface area contributed by atoms with E-state index >= 15 is 0 Å². The Morgan fingerprint density at radius 3 is 2.67 bits per heavy atom. The summed E-state index contributed by atoms with van der Waals surface area (Å²) in [5.74, 6) is -0.342. The van der Waals surface area contributed by atoms with Gasteiger partial charge in [0.1, 0.15) is 0 Å². The zero-order valence-electron chi connectivity index (χ0n) is 8.98. The van der Waals surface area contributed by atoms with Crippen molar-refractivity contribution in [1.29, 1.82) is 0 Å². The van der Waals surface area contributed by atoms with Gasteiger partial charge in [0, 0.05) is 31.8 Å². The number of aromatic nitrogens is 1. The molecule has 1 N–H and O–H groups in total. The summed E-state index contributed by atoms with van der Waals surface area (Å²) in [7, 11) is 2.82. The van der Waals surface area contributed by atoms with Crippen LogP contribution in [0.25, 0.3) is 0 Å². The van der Waals surface area contributed by atoms with Crippen LogP contribution in [0, 0.1) is 6.92 Å². The standard InChI is InChI=1S/C10H14N2O3/c1-7-6-8(4-5-11-7)12-9(13)10(14-2)15-3/h4-6,10H,1-3H3,(H,11,12,13). The van der Waals surface area contributed by atoms with Crippen LogP contribution >= 0.6 is 0 Å². The van der Waals surface area contributed by atoms with Gasteiger partial charge in [-0.15, -0.1) is 0 Å². The number of amides is 1. The Bertz CT molecular complexity index is 337. The number of rotatable bonds is 4. The second-order valence-electron chi connectivity index (χ2n) is 2.98. The van der Waals surface area contributed by atoms with Crippen LogP contribution in [0.4, 0.5) is 5.69 Å². The summed E-state index contributed by atoms with van der Waals surface area (Å²) >= 11 is 0. The minimum Gasteiger partial charge on any atom is -0.348 e. The third-order valence-corrected chi connectivity index (χ3v) is 1.81. The third kappa shape index (κ3) is 3.30. The highest BCUT2D eigenvalue weighted by molar-refractivity contribution is 5.93. The molecule has 1 rings (SSSR count). The summed E-state index contributed by atoms with van der Waals surface area (Å²) < 4.78 is 9.63. The lowest BCUT2D eigenvalue weighted by Crippen LogP contribution is -2.31. The molecule has 0 saturated heterocycles. The Hall–Kier alpha value is -1.46. The van der Waals surface area contributed by atoms with Crippen LogP contribution in [-0.4, -0.2) is 31.4 Å². The summed E-state index contributed by atoms with van der Waals surface area (Å²) in [5.41, 5.74) is 1.51. The average Bonchev–Trinajstić information content (AvgIpc) is 2.19. The van der Waals surface area contributed by atoms with Crippen molar-refractivity contribution < 1.29 is 14.3 Å². The van der Waals surface area contributed by atoms with Crippen LogP contribution in [-0.2, 0) is 14.3 Å². The van der Waals surface area contributed by atoms with Gasteiger partial charge in [-0.2, -0.15) is 0 Å². The van der Waals surface area contributed by atoms with Crippen LogP contribution in [0.3, 0.4) is 0 Å². The zero-order chi connectivity index (χ0) is 11.3. The van der Waals surface area contributed by atoms with E-state index in [-0.39, 0.29) is 5.91 Å². The number of pyridine rings is 1. The highest BCUT2D eigenvalue weighted by Crippen LogP contribution is 2.08. The molecule has 0 radical (unpaired) electrons. The molecule has 0 aliphatic rings. The zero-order valence-corrected chi connectivity index (χ0v) is 8.98. The summed E-state index contributed by atoms with van der Waals surface area (Å²) in [4.78, 5) is 15.5. The molecule has 1 amide bonds. The van der Waals surface area contributed by atoms with Gasteiger partial charge in [0.15, 0.2) is 0 Å². The van der Waals surface area contributed by atoms with E-state index in [1.54, 1.807) is 18.3 Å². The number of carbonyl (C=O) groups is 1. The van der Waals surface area contributed by atoms with Crippen molar-refractivity contribution in [3.05, 3.63) is 24.0 Å². The fourth-order valence-electron chi connectivity index (χ4n) is 1.13. The molecular weight excluding hydrogens is 196 g/mol. The largest absolute Gasteiger partial charge is 0.348 e. The number of nitrogens with one attached hydrogen (secondary N) is 1. The lowest BCUT2D eigenvalue weighted by atomic mass is 10.3. The molecule has 0 aliphatic heterocycles. The number of methoxy groups -OCH3 is 2. The van der Waals surface area contributed by atoms with E-state index < -0.39 is 6.29 Å². The smallest absolute Gasteiger partial charge is 0.281 e. The van der Waals surface area contributed by atoms with E-state index in [0.717, 1.165) is 5.69 Å². The first kappa shape index (κ1) is 11.6. The molecule has 0 aliphatic carbocycles. The second-order valence-corrected chi connectivity index (χ2v) is 2.98. The van der Waals surface area contributed by atoms with E-state index in [9.17, 15) is 4.79 Å². The molecule has 0 saturated carbocycles. The number of anilines is 1. The summed E-state index contributed by atoms with van der Waals surface area (Å²) in [5, 5.41) is 2.66. The van der Waals surface area contributed by atoms with Gasteiger partial charge in [-0.25, -0.2) is 0 Å². The number of hydrogen-bond donors (Lipinski definition) is 1. The summed E-state index contributed by atoms with van der Waals surface area (Å²) in [6, 6.07) is 3.47. The second kappa shape index (κ2) is 5.43. The van der Waals surface area contributed by atoms with Gasteiger partial charge in [-0.3, -0.25) is 9.78 Å². The first-order chi connectivity index (χ1) is 7.17. The lowest BCUT2D eigenvalue weighted by molar-refractivity contribution is -0.153. The SMILES string of the molecule is COC(OC)C(=O)Nc1ccnc(C)c1. The number of carbonyl (C=O) groups excluding carboxylic acids is 1. The molecule has 1 heterocycles. The number of ether oxygens (including phenoxy) is 2. The number of nitrogens with zero attached hydrogens (tertiary/aromatic N) is 1. The normalized spacial score (nSPS) is 10.4.